The standard InChI is InChI=1S/C20H20N4O3/c25-24(26)20-5-4-19(17-6-7-21-13-18(17)20)22-16-3-1-2-15(12-16)14-23-8-10-27-11-9-23/h1-7,12-13,22H,8-11,14H2. The maximum Gasteiger partial charge on any atom is 0.278 e. The smallest absolute Gasteiger partial charge is 0.278 e. The van der Waals surface area contributed by atoms with Gasteiger partial charge in [-0.1, -0.05) is 12.1 Å². The number of ether oxygens (including phenoxy) is 1. The topological polar surface area (TPSA) is 80.5 Å². The summed E-state index contributed by atoms with van der Waals surface area (Å²) in [5.41, 5.74) is 3.05. The van der Waals surface area contributed by atoms with Crippen molar-refractivity contribution in [1.82, 2.24) is 9.88 Å². The summed E-state index contributed by atoms with van der Waals surface area (Å²) in [7, 11) is 0. The molecular formula is C20H20N4O3. The summed E-state index contributed by atoms with van der Waals surface area (Å²) < 4.78 is 5.40. The molecule has 1 aliphatic heterocycles. The predicted octanol–water partition coefficient (Wildman–Crippen LogP) is 3.72. The molecule has 0 unspecified atom stereocenters. The molecule has 3 aromatic rings. The van der Waals surface area contributed by atoms with Crippen molar-refractivity contribution in [1.29, 1.82) is 0 Å². The summed E-state index contributed by atoms with van der Waals surface area (Å²) in [6, 6.07) is 13.3. The third-order valence-corrected chi connectivity index (χ3v) is 4.71. The summed E-state index contributed by atoms with van der Waals surface area (Å²) in [6.45, 7) is 4.32. The monoisotopic (exact) mass is 364 g/mol. The Morgan fingerprint density at radius 1 is 1.15 bits per heavy atom. The Hall–Kier alpha value is -3.03. The van der Waals surface area contributed by atoms with Crippen LogP contribution in [0.25, 0.3) is 10.8 Å². The number of fused-ring (bicyclic) bond motifs is 1. The van der Waals surface area contributed by atoms with E-state index in [0.717, 1.165) is 49.6 Å². The zero-order valence-electron chi connectivity index (χ0n) is 14.8. The van der Waals surface area contributed by atoms with E-state index >= 15 is 0 Å². The number of hydrogen-bond donors (Lipinski definition) is 1. The van der Waals surface area contributed by atoms with Gasteiger partial charge in [0.2, 0.25) is 0 Å². The largest absolute Gasteiger partial charge is 0.379 e. The average molecular weight is 364 g/mol. The first-order valence-electron chi connectivity index (χ1n) is 8.88. The fourth-order valence-electron chi connectivity index (χ4n) is 3.36. The number of anilines is 2. The van der Waals surface area contributed by atoms with Crippen molar-refractivity contribution < 1.29 is 9.66 Å². The quantitative estimate of drug-likeness (QED) is 0.549. The highest BCUT2D eigenvalue weighted by Gasteiger charge is 2.15. The van der Waals surface area contributed by atoms with Gasteiger partial charge in [0.1, 0.15) is 0 Å². The highest BCUT2D eigenvalue weighted by Crippen LogP contribution is 2.32. The van der Waals surface area contributed by atoms with Crippen LogP contribution in [0.4, 0.5) is 17.1 Å². The van der Waals surface area contributed by atoms with E-state index in [-0.39, 0.29) is 10.6 Å². The second-order valence-electron chi connectivity index (χ2n) is 6.52. The fourth-order valence-corrected chi connectivity index (χ4v) is 3.36. The van der Waals surface area contributed by atoms with E-state index < -0.39 is 0 Å². The molecule has 0 saturated carbocycles. The summed E-state index contributed by atoms with van der Waals surface area (Å²) in [5.74, 6) is 0. The van der Waals surface area contributed by atoms with Gasteiger partial charge in [-0.15, -0.1) is 0 Å². The van der Waals surface area contributed by atoms with Gasteiger partial charge < -0.3 is 10.1 Å². The number of aromatic nitrogens is 1. The van der Waals surface area contributed by atoms with E-state index in [4.69, 9.17) is 4.74 Å². The fraction of sp³-hybridized carbons (Fsp3) is 0.250. The maximum absolute atomic E-state index is 11.3. The van der Waals surface area contributed by atoms with Gasteiger partial charge in [-0.25, -0.2) is 0 Å². The van der Waals surface area contributed by atoms with Gasteiger partial charge in [0.25, 0.3) is 5.69 Å². The molecule has 7 heteroatoms. The second-order valence-corrected chi connectivity index (χ2v) is 6.52. The molecular weight excluding hydrogens is 344 g/mol. The first-order chi connectivity index (χ1) is 13.2. The third-order valence-electron chi connectivity index (χ3n) is 4.71. The number of morpholine rings is 1. The summed E-state index contributed by atoms with van der Waals surface area (Å²) >= 11 is 0. The van der Waals surface area contributed by atoms with Crippen LogP contribution < -0.4 is 5.32 Å². The number of nitrogens with one attached hydrogen (secondary N) is 1. The first kappa shape index (κ1) is 17.4. The Balaban J connectivity index is 1.60. The summed E-state index contributed by atoms with van der Waals surface area (Å²) in [6.07, 6.45) is 3.18. The van der Waals surface area contributed by atoms with Crippen LogP contribution in [-0.2, 0) is 11.3 Å². The molecule has 0 bridgehead atoms. The maximum atomic E-state index is 11.3. The van der Waals surface area contributed by atoms with Gasteiger partial charge in [-0.3, -0.25) is 20.0 Å². The van der Waals surface area contributed by atoms with Crippen molar-refractivity contribution in [3.05, 3.63) is 70.5 Å². The molecule has 1 saturated heterocycles. The molecule has 0 aliphatic carbocycles. The van der Waals surface area contributed by atoms with E-state index in [1.54, 1.807) is 18.3 Å². The molecule has 1 aliphatic rings. The molecule has 0 amide bonds. The van der Waals surface area contributed by atoms with Crippen molar-refractivity contribution in [3.8, 4) is 0 Å². The Morgan fingerprint density at radius 2 is 2.00 bits per heavy atom. The first-order valence-corrected chi connectivity index (χ1v) is 8.88. The Kier molecular flexibility index (Phi) is 4.95. The van der Waals surface area contributed by atoms with Gasteiger partial charge in [0, 0.05) is 54.9 Å². The third kappa shape index (κ3) is 3.89. The number of benzene rings is 2. The van der Waals surface area contributed by atoms with Crippen molar-refractivity contribution in [3.63, 3.8) is 0 Å². The van der Waals surface area contributed by atoms with E-state index in [2.05, 4.69) is 27.3 Å². The van der Waals surface area contributed by atoms with Gasteiger partial charge >= 0.3 is 0 Å². The zero-order valence-corrected chi connectivity index (χ0v) is 14.8. The number of hydrogen-bond acceptors (Lipinski definition) is 6. The van der Waals surface area contributed by atoms with Crippen molar-refractivity contribution in [2.75, 3.05) is 31.6 Å². The van der Waals surface area contributed by atoms with Crippen LogP contribution in [-0.4, -0.2) is 41.1 Å². The van der Waals surface area contributed by atoms with Gasteiger partial charge in [-0.05, 0) is 29.8 Å². The lowest BCUT2D eigenvalue weighted by Gasteiger charge is -2.26. The number of pyridine rings is 1. The van der Waals surface area contributed by atoms with Gasteiger partial charge in [0.05, 0.1) is 23.5 Å². The minimum atomic E-state index is -0.378. The number of nitro benzene ring substituents is 1. The number of nitrogens with zero attached hydrogens (tertiary/aromatic N) is 3. The SMILES string of the molecule is O=[N+]([O-])c1ccc(Nc2cccc(CN3CCOCC3)c2)c2ccncc12. The number of nitro groups is 1. The number of rotatable bonds is 5. The molecule has 2 heterocycles. The van der Waals surface area contributed by atoms with Crippen LogP contribution in [0.3, 0.4) is 0 Å². The van der Waals surface area contributed by atoms with Crippen LogP contribution >= 0.6 is 0 Å². The highest BCUT2D eigenvalue weighted by molar-refractivity contribution is 6.00. The molecule has 4 rings (SSSR count). The van der Waals surface area contributed by atoms with Crippen LogP contribution in [0.2, 0.25) is 0 Å². The van der Waals surface area contributed by atoms with E-state index in [9.17, 15) is 10.1 Å². The normalized spacial score (nSPS) is 15.0. The molecule has 1 fully saturated rings. The van der Waals surface area contributed by atoms with Gasteiger partial charge in [0.15, 0.2) is 0 Å². The Bertz CT molecular complexity index is 970. The van der Waals surface area contributed by atoms with Crippen LogP contribution in [0, 0.1) is 10.1 Å². The Labute approximate surface area is 156 Å². The lowest BCUT2D eigenvalue weighted by atomic mass is 10.1. The van der Waals surface area contributed by atoms with Crippen molar-refractivity contribution in [2.24, 2.45) is 0 Å². The second kappa shape index (κ2) is 7.69. The molecule has 138 valence electrons. The molecule has 0 spiro atoms. The summed E-state index contributed by atoms with van der Waals surface area (Å²) in [4.78, 5) is 17.3. The average Bonchev–Trinajstić information content (AvgIpc) is 2.69. The highest BCUT2D eigenvalue weighted by atomic mass is 16.6. The van der Waals surface area contributed by atoms with E-state index in [0.29, 0.717) is 5.39 Å². The predicted molar refractivity (Wildman–Crippen MR) is 104 cm³/mol. The molecule has 1 N–H and O–H groups in total. The minimum absolute atomic E-state index is 0.0599. The molecule has 7 nitrogen and oxygen atoms in total. The van der Waals surface area contributed by atoms with Crippen LogP contribution in [0.1, 0.15) is 5.56 Å². The molecule has 27 heavy (non-hydrogen) atoms. The van der Waals surface area contributed by atoms with E-state index in [1.807, 2.05) is 12.1 Å². The zero-order chi connectivity index (χ0) is 18.6. The molecule has 0 atom stereocenters. The van der Waals surface area contributed by atoms with Gasteiger partial charge in [-0.2, -0.15) is 0 Å². The lowest BCUT2D eigenvalue weighted by Crippen LogP contribution is -2.35. The van der Waals surface area contributed by atoms with Crippen LogP contribution in [0.5, 0.6) is 0 Å². The van der Waals surface area contributed by atoms with E-state index in [1.165, 1.54) is 17.8 Å². The van der Waals surface area contributed by atoms with Crippen LogP contribution in [0.15, 0.2) is 54.9 Å². The van der Waals surface area contributed by atoms with Crippen molar-refractivity contribution in [2.45, 2.75) is 6.54 Å². The molecule has 0 radical (unpaired) electrons. The Morgan fingerprint density at radius 3 is 2.81 bits per heavy atom. The summed E-state index contributed by atoms with van der Waals surface area (Å²) in [5, 5.41) is 16.0. The number of non-ortho nitro benzene ring substituents is 1. The molecule has 1 aromatic heterocycles. The minimum Gasteiger partial charge on any atom is -0.379 e. The van der Waals surface area contributed by atoms with Crippen molar-refractivity contribution >= 4 is 27.8 Å². The molecule has 2 aromatic carbocycles. The lowest BCUT2D eigenvalue weighted by molar-refractivity contribution is -0.383.